The van der Waals surface area contributed by atoms with Crippen LogP contribution >= 0.6 is 0 Å². The van der Waals surface area contributed by atoms with Crippen molar-refractivity contribution < 1.29 is 30.4 Å². The van der Waals surface area contributed by atoms with Gasteiger partial charge in [0.1, 0.15) is 24.3 Å². The first-order valence-electron chi connectivity index (χ1n) is 10.5. The van der Waals surface area contributed by atoms with Crippen molar-refractivity contribution in [2.75, 3.05) is 36.5 Å². The van der Waals surface area contributed by atoms with Crippen LogP contribution in [0.15, 0.2) is 34.7 Å². The lowest BCUT2D eigenvalue weighted by atomic mass is 10.1. The SMILES string of the molecule is CCNc1cc2oc3cc(=[N+](CCCS(=O)(=O)[O-])CCCS(=O)(=O)[O-])ccc-3nc2cc1C. The van der Waals surface area contributed by atoms with Crippen molar-refractivity contribution in [3.63, 3.8) is 0 Å². The van der Waals surface area contributed by atoms with Crippen molar-refractivity contribution in [2.24, 2.45) is 0 Å². The van der Waals surface area contributed by atoms with E-state index >= 15 is 0 Å². The van der Waals surface area contributed by atoms with Gasteiger partial charge in [0.2, 0.25) is 5.36 Å². The van der Waals surface area contributed by atoms with Crippen LogP contribution in [0.1, 0.15) is 25.3 Å². The van der Waals surface area contributed by atoms with Crippen LogP contribution < -0.4 is 15.2 Å². The minimum absolute atomic E-state index is 0.0619. The molecule has 1 aromatic rings. The van der Waals surface area contributed by atoms with Gasteiger partial charge in [-0.15, -0.1) is 0 Å². The molecule has 1 N–H and O–H groups in total. The third kappa shape index (κ3) is 7.22. The number of anilines is 1. The predicted octanol–water partition coefficient (Wildman–Crippen LogP) is 1.32. The van der Waals surface area contributed by atoms with E-state index in [1.54, 1.807) is 22.8 Å². The molecule has 0 saturated carbocycles. The molecule has 1 aliphatic carbocycles. The van der Waals surface area contributed by atoms with Gasteiger partial charge in [-0.3, -0.25) is 0 Å². The molecule has 0 unspecified atom stereocenters. The maximum absolute atomic E-state index is 11.0. The number of hydrogen-bond acceptors (Lipinski definition) is 9. The van der Waals surface area contributed by atoms with E-state index in [4.69, 9.17) is 4.42 Å². The van der Waals surface area contributed by atoms with E-state index in [0.717, 1.165) is 17.8 Å². The molecule has 0 saturated heterocycles. The number of aryl methyl sites for hydroxylation is 1. The van der Waals surface area contributed by atoms with Crippen molar-refractivity contribution in [1.82, 2.24) is 9.56 Å². The number of nitrogens with one attached hydrogen (secondary N) is 1. The number of nitrogens with zero attached hydrogens (tertiary/aromatic N) is 2. The fourth-order valence-electron chi connectivity index (χ4n) is 3.58. The van der Waals surface area contributed by atoms with E-state index in [9.17, 15) is 25.9 Å². The Balaban J connectivity index is 2.04. The summed E-state index contributed by atoms with van der Waals surface area (Å²) in [6, 6.07) is 9.05. The summed E-state index contributed by atoms with van der Waals surface area (Å²) in [7, 11) is -8.75. The first-order valence-corrected chi connectivity index (χ1v) is 13.6. The Morgan fingerprint density at radius 3 is 2.21 bits per heavy atom. The van der Waals surface area contributed by atoms with E-state index in [2.05, 4.69) is 10.3 Å². The molecule has 0 radical (unpaired) electrons. The second kappa shape index (κ2) is 10.2. The quantitative estimate of drug-likeness (QED) is 0.248. The minimum atomic E-state index is -4.37. The van der Waals surface area contributed by atoms with E-state index in [0.29, 0.717) is 27.9 Å². The van der Waals surface area contributed by atoms with Crippen molar-refractivity contribution in [3.05, 3.63) is 41.3 Å². The average Bonchev–Trinajstić information content (AvgIpc) is 2.70. The summed E-state index contributed by atoms with van der Waals surface area (Å²) >= 11 is 0. The highest BCUT2D eigenvalue weighted by Gasteiger charge is 2.15. The van der Waals surface area contributed by atoms with Crippen LogP contribution in [-0.4, -0.2) is 62.1 Å². The van der Waals surface area contributed by atoms with Crippen LogP contribution in [-0.2, 0) is 20.2 Å². The van der Waals surface area contributed by atoms with Gasteiger partial charge >= 0.3 is 0 Å². The Morgan fingerprint density at radius 2 is 1.64 bits per heavy atom. The lowest BCUT2D eigenvalue weighted by Crippen LogP contribution is -2.33. The number of rotatable bonds is 10. The van der Waals surface area contributed by atoms with Gasteiger partial charge in [0.15, 0.2) is 11.3 Å². The monoisotopic (exact) mass is 496 g/mol. The second-order valence-electron chi connectivity index (χ2n) is 7.75. The maximum atomic E-state index is 11.0. The van der Waals surface area contributed by atoms with Gasteiger partial charge in [-0.1, -0.05) is 0 Å². The normalized spacial score (nSPS) is 12.4. The zero-order chi connectivity index (χ0) is 24.2. The highest BCUT2D eigenvalue weighted by atomic mass is 32.2. The van der Waals surface area contributed by atoms with Gasteiger partial charge in [-0.25, -0.2) is 26.4 Å². The number of aromatic nitrogens is 1. The fraction of sp³-hybridized carbons (Fsp3) is 0.429. The molecule has 3 rings (SSSR count). The van der Waals surface area contributed by atoms with Crippen LogP contribution in [0.4, 0.5) is 5.69 Å². The Hall–Kier alpha value is -2.54. The summed E-state index contributed by atoms with van der Waals surface area (Å²) < 4.78 is 73.6. The highest BCUT2D eigenvalue weighted by Crippen LogP contribution is 2.27. The van der Waals surface area contributed by atoms with Crippen LogP contribution in [0.2, 0.25) is 0 Å². The van der Waals surface area contributed by atoms with Gasteiger partial charge in [-0.05, 0) is 31.5 Å². The summed E-state index contributed by atoms with van der Waals surface area (Å²) in [5.74, 6) is -0.593. The molecule has 0 atom stereocenters. The summed E-state index contributed by atoms with van der Waals surface area (Å²) in [5.41, 5.74) is 3.88. The molecule has 180 valence electrons. The van der Waals surface area contributed by atoms with Crippen LogP contribution in [0.3, 0.4) is 0 Å². The number of fused-ring (bicyclic) bond motifs is 2. The Kier molecular flexibility index (Phi) is 7.73. The number of benzene rings is 2. The van der Waals surface area contributed by atoms with Gasteiger partial charge in [0, 0.05) is 48.7 Å². The zero-order valence-electron chi connectivity index (χ0n) is 18.4. The lowest BCUT2D eigenvalue weighted by molar-refractivity contribution is 0.455. The summed E-state index contributed by atoms with van der Waals surface area (Å²) in [6.07, 6.45) is 0.124. The maximum Gasteiger partial charge on any atom is 0.203 e. The Morgan fingerprint density at radius 1 is 1.00 bits per heavy atom. The first kappa shape index (κ1) is 25.1. The molecule has 33 heavy (non-hydrogen) atoms. The summed E-state index contributed by atoms with van der Waals surface area (Å²) in [5, 5.41) is 3.91. The average molecular weight is 497 g/mol. The standard InChI is InChI=1S/C21H27N3O7S2/c1-3-22-18-14-21-19(12-15(18)2)23-17-7-6-16(13-20(17)31-21)24(8-4-10-32(25,26)27)9-5-11-33(28,29)30/h6-7,12-14H,3-5,8-11H2,1-2H3,(H2,25,26,27,28,29,30)/p-1. The van der Waals surface area contributed by atoms with Crippen molar-refractivity contribution in [3.8, 4) is 11.5 Å². The Labute approximate surface area is 192 Å². The molecule has 0 amide bonds. The van der Waals surface area contributed by atoms with Gasteiger partial charge < -0.3 is 18.8 Å². The predicted molar refractivity (Wildman–Crippen MR) is 123 cm³/mol. The molecule has 0 bridgehead atoms. The molecule has 1 aromatic carbocycles. The van der Waals surface area contributed by atoms with Crippen LogP contribution in [0.5, 0.6) is 0 Å². The molecular weight excluding hydrogens is 470 g/mol. The van der Waals surface area contributed by atoms with Crippen molar-refractivity contribution >= 4 is 37.0 Å². The number of hydrogen-bond donors (Lipinski definition) is 1. The lowest BCUT2D eigenvalue weighted by Gasteiger charge is -2.11. The molecule has 10 nitrogen and oxygen atoms in total. The third-order valence-corrected chi connectivity index (χ3v) is 6.66. The third-order valence-electron chi connectivity index (χ3n) is 5.09. The molecule has 1 aliphatic heterocycles. The van der Waals surface area contributed by atoms with Gasteiger partial charge in [-0.2, -0.15) is 0 Å². The van der Waals surface area contributed by atoms with Crippen LogP contribution in [0, 0.1) is 6.92 Å². The van der Waals surface area contributed by atoms with E-state index < -0.39 is 31.7 Å². The highest BCUT2D eigenvalue weighted by molar-refractivity contribution is 7.85. The van der Waals surface area contributed by atoms with Crippen molar-refractivity contribution in [2.45, 2.75) is 26.7 Å². The molecule has 0 fully saturated rings. The second-order valence-corrected chi connectivity index (χ2v) is 10.8. The van der Waals surface area contributed by atoms with Gasteiger partial charge in [0.05, 0.1) is 26.3 Å². The fourth-order valence-corrected chi connectivity index (χ4v) is 4.54. The minimum Gasteiger partial charge on any atom is -0.748 e. The zero-order valence-corrected chi connectivity index (χ0v) is 20.0. The van der Waals surface area contributed by atoms with E-state index in [1.807, 2.05) is 26.0 Å². The molecule has 0 spiro atoms. The molecule has 2 aliphatic rings. The largest absolute Gasteiger partial charge is 0.748 e. The molecule has 12 heteroatoms. The summed E-state index contributed by atoms with van der Waals surface area (Å²) in [6.45, 7) is 5.11. The summed E-state index contributed by atoms with van der Waals surface area (Å²) in [4.78, 5) is 4.65. The molecule has 0 aromatic heterocycles. The van der Waals surface area contributed by atoms with Crippen LogP contribution in [0.25, 0.3) is 22.6 Å². The van der Waals surface area contributed by atoms with Crippen molar-refractivity contribution in [1.29, 1.82) is 0 Å². The van der Waals surface area contributed by atoms with Gasteiger partial charge in [0.25, 0.3) is 0 Å². The topological polar surface area (TPSA) is 155 Å². The van der Waals surface area contributed by atoms with E-state index in [1.165, 1.54) is 0 Å². The van der Waals surface area contributed by atoms with E-state index in [-0.39, 0.29) is 25.9 Å². The molecule has 1 heterocycles. The smallest absolute Gasteiger partial charge is 0.203 e. The first-order chi connectivity index (χ1) is 15.4. The molecular formula is C21H26N3O7S2-. The Bertz CT molecular complexity index is 1360.